The summed E-state index contributed by atoms with van der Waals surface area (Å²) in [6.07, 6.45) is 1.50. The SMILES string of the molecule is CCn1cnc2sc(C(=O)Nc3ccc(O)cc3)c(C)c2c1=O. The molecule has 0 radical (unpaired) electrons. The lowest BCUT2D eigenvalue weighted by Gasteiger charge is -2.04. The Bertz CT molecular complexity index is 942. The number of phenolic OH excluding ortho intramolecular Hbond substituents is 1. The van der Waals surface area contributed by atoms with Crippen LogP contribution in [0.5, 0.6) is 5.75 Å². The first kappa shape index (κ1) is 15.2. The van der Waals surface area contributed by atoms with E-state index in [1.54, 1.807) is 19.1 Å². The van der Waals surface area contributed by atoms with Gasteiger partial charge in [-0.3, -0.25) is 14.2 Å². The number of nitrogens with one attached hydrogen (secondary N) is 1. The molecule has 7 heteroatoms. The normalized spacial score (nSPS) is 10.9. The molecule has 118 valence electrons. The Morgan fingerprint density at radius 3 is 2.70 bits per heavy atom. The van der Waals surface area contributed by atoms with Gasteiger partial charge in [0.25, 0.3) is 11.5 Å². The number of aromatic nitrogens is 2. The van der Waals surface area contributed by atoms with E-state index in [1.165, 1.54) is 34.4 Å². The maximum Gasteiger partial charge on any atom is 0.266 e. The van der Waals surface area contributed by atoms with Crippen LogP contribution in [0.4, 0.5) is 5.69 Å². The Balaban J connectivity index is 2.01. The third-order valence-corrected chi connectivity index (χ3v) is 4.79. The minimum Gasteiger partial charge on any atom is -0.508 e. The van der Waals surface area contributed by atoms with E-state index in [4.69, 9.17) is 0 Å². The Morgan fingerprint density at radius 1 is 1.35 bits per heavy atom. The quantitative estimate of drug-likeness (QED) is 0.724. The number of nitrogens with zero attached hydrogens (tertiary/aromatic N) is 2. The second-order valence-corrected chi connectivity index (χ2v) is 6.07. The summed E-state index contributed by atoms with van der Waals surface area (Å²) in [5.74, 6) is -0.163. The molecule has 3 rings (SSSR count). The second kappa shape index (κ2) is 5.85. The number of carbonyl (C=O) groups excluding carboxylic acids is 1. The van der Waals surface area contributed by atoms with Crippen molar-refractivity contribution in [3.05, 3.63) is 51.4 Å². The average Bonchev–Trinajstić information content (AvgIpc) is 2.88. The molecule has 0 saturated heterocycles. The molecule has 6 nitrogen and oxygen atoms in total. The molecule has 3 aromatic rings. The molecule has 0 aliphatic rings. The van der Waals surface area contributed by atoms with Gasteiger partial charge in [0.15, 0.2) is 0 Å². The van der Waals surface area contributed by atoms with Crippen molar-refractivity contribution in [1.82, 2.24) is 9.55 Å². The van der Waals surface area contributed by atoms with E-state index in [0.29, 0.717) is 32.9 Å². The first-order valence-corrected chi connectivity index (χ1v) is 7.91. The van der Waals surface area contributed by atoms with Gasteiger partial charge >= 0.3 is 0 Å². The van der Waals surface area contributed by atoms with Crippen LogP contribution in [0.25, 0.3) is 10.2 Å². The van der Waals surface area contributed by atoms with Crippen LogP contribution in [0, 0.1) is 6.92 Å². The number of carbonyl (C=O) groups is 1. The summed E-state index contributed by atoms with van der Waals surface area (Å²) < 4.78 is 1.52. The zero-order chi connectivity index (χ0) is 16.6. The molecule has 1 aromatic carbocycles. The zero-order valence-corrected chi connectivity index (χ0v) is 13.5. The number of thiophene rings is 1. The molecule has 23 heavy (non-hydrogen) atoms. The smallest absolute Gasteiger partial charge is 0.266 e. The van der Waals surface area contributed by atoms with Gasteiger partial charge in [-0.15, -0.1) is 11.3 Å². The molecule has 0 atom stereocenters. The largest absolute Gasteiger partial charge is 0.508 e. The summed E-state index contributed by atoms with van der Waals surface area (Å²) in [5.41, 5.74) is 1.08. The number of aromatic hydroxyl groups is 1. The minimum absolute atomic E-state index is 0.130. The molecule has 2 heterocycles. The highest BCUT2D eigenvalue weighted by atomic mass is 32.1. The van der Waals surface area contributed by atoms with Crippen molar-refractivity contribution < 1.29 is 9.90 Å². The van der Waals surface area contributed by atoms with Crippen LogP contribution in [-0.2, 0) is 6.54 Å². The maximum absolute atomic E-state index is 12.5. The maximum atomic E-state index is 12.5. The van der Waals surface area contributed by atoms with Crippen molar-refractivity contribution in [3.8, 4) is 5.75 Å². The number of amides is 1. The average molecular weight is 329 g/mol. The highest BCUT2D eigenvalue weighted by molar-refractivity contribution is 7.20. The van der Waals surface area contributed by atoms with Crippen LogP contribution in [-0.4, -0.2) is 20.6 Å². The van der Waals surface area contributed by atoms with Gasteiger partial charge in [-0.1, -0.05) is 0 Å². The van der Waals surface area contributed by atoms with Gasteiger partial charge < -0.3 is 10.4 Å². The Kier molecular flexibility index (Phi) is 3.87. The Morgan fingerprint density at radius 2 is 2.04 bits per heavy atom. The molecular weight excluding hydrogens is 314 g/mol. The van der Waals surface area contributed by atoms with E-state index in [1.807, 2.05) is 6.92 Å². The first-order chi connectivity index (χ1) is 11.0. The fourth-order valence-corrected chi connectivity index (χ4v) is 3.37. The second-order valence-electron chi connectivity index (χ2n) is 5.07. The van der Waals surface area contributed by atoms with E-state index < -0.39 is 0 Å². The highest BCUT2D eigenvalue weighted by Crippen LogP contribution is 2.27. The van der Waals surface area contributed by atoms with Crippen molar-refractivity contribution in [1.29, 1.82) is 0 Å². The predicted molar refractivity (Wildman–Crippen MR) is 90.4 cm³/mol. The van der Waals surface area contributed by atoms with E-state index in [0.717, 1.165) is 0 Å². The number of hydrogen-bond acceptors (Lipinski definition) is 5. The molecule has 0 aliphatic carbocycles. The number of rotatable bonds is 3. The fraction of sp³-hybridized carbons (Fsp3) is 0.188. The lowest BCUT2D eigenvalue weighted by atomic mass is 10.2. The van der Waals surface area contributed by atoms with Gasteiger partial charge in [0, 0.05) is 12.2 Å². The molecular formula is C16H15N3O3S. The van der Waals surface area contributed by atoms with Crippen molar-refractivity contribution >= 4 is 33.1 Å². The molecule has 1 amide bonds. The summed E-state index contributed by atoms with van der Waals surface area (Å²) >= 11 is 1.20. The molecule has 0 fully saturated rings. The van der Waals surface area contributed by atoms with Crippen molar-refractivity contribution in [2.75, 3.05) is 5.32 Å². The van der Waals surface area contributed by atoms with Gasteiger partial charge in [0.1, 0.15) is 10.6 Å². The van der Waals surface area contributed by atoms with Crippen LogP contribution in [0.1, 0.15) is 22.2 Å². The Hall–Kier alpha value is -2.67. The van der Waals surface area contributed by atoms with Gasteiger partial charge in [-0.25, -0.2) is 4.98 Å². The lowest BCUT2D eigenvalue weighted by Crippen LogP contribution is -2.19. The number of anilines is 1. The Labute approximate surface area is 136 Å². The molecule has 0 spiro atoms. The van der Waals surface area contributed by atoms with E-state index in [2.05, 4.69) is 10.3 Å². The molecule has 0 unspecified atom stereocenters. The number of benzene rings is 1. The predicted octanol–water partition coefficient (Wildman–Crippen LogP) is 2.74. The summed E-state index contributed by atoms with van der Waals surface area (Å²) in [6, 6.07) is 6.21. The minimum atomic E-state index is -0.293. The molecule has 2 aromatic heterocycles. The van der Waals surface area contributed by atoms with Crippen LogP contribution in [0.2, 0.25) is 0 Å². The highest BCUT2D eigenvalue weighted by Gasteiger charge is 2.19. The molecule has 0 bridgehead atoms. The van der Waals surface area contributed by atoms with Crippen molar-refractivity contribution in [2.24, 2.45) is 0 Å². The van der Waals surface area contributed by atoms with Gasteiger partial charge in [0.05, 0.1) is 16.6 Å². The lowest BCUT2D eigenvalue weighted by molar-refractivity contribution is 0.103. The third kappa shape index (κ3) is 2.70. The topological polar surface area (TPSA) is 84.2 Å². The summed E-state index contributed by atoms with van der Waals surface area (Å²) in [7, 11) is 0. The number of hydrogen-bond donors (Lipinski definition) is 2. The fourth-order valence-electron chi connectivity index (χ4n) is 2.33. The standard InChI is InChI=1S/C16H15N3O3S/c1-3-19-8-17-15-12(16(19)22)9(2)13(23-15)14(21)18-10-4-6-11(20)7-5-10/h4-8,20H,3H2,1-2H3,(H,18,21). The van der Waals surface area contributed by atoms with Crippen LogP contribution < -0.4 is 10.9 Å². The third-order valence-electron chi connectivity index (χ3n) is 3.59. The molecule has 0 aliphatic heterocycles. The number of fused-ring (bicyclic) bond motifs is 1. The first-order valence-electron chi connectivity index (χ1n) is 7.10. The molecule has 2 N–H and O–H groups in total. The summed E-state index contributed by atoms with van der Waals surface area (Å²) in [5, 5.41) is 12.5. The van der Waals surface area contributed by atoms with E-state index in [9.17, 15) is 14.7 Å². The number of phenols is 1. The van der Waals surface area contributed by atoms with Gasteiger partial charge in [-0.05, 0) is 43.7 Å². The monoisotopic (exact) mass is 329 g/mol. The van der Waals surface area contributed by atoms with E-state index in [-0.39, 0.29) is 17.2 Å². The zero-order valence-electron chi connectivity index (χ0n) is 12.7. The van der Waals surface area contributed by atoms with Crippen LogP contribution in [0.3, 0.4) is 0 Å². The van der Waals surface area contributed by atoms with Gasteiger partial charge in [0.2, 0.25) is 0 Å². The number of aryl methyl sites for hydroxylation is 2. The van der Waals surface area contributed by atoms with Gasteiger partial charge in [-0.2, -0.15) is 0 Å². The van der Waals surface area contributed by atoms with Crippen LogP contribution >= 0.6 is 11.3 Å². The summed E-state index contributed by atoms with van der Waals surface area (Å²) in [4.78, 5) is 30.1. The van der Waals surface area contributed by atoms with Crippen LogP contribution in [0.15, 0.2) is 35.4 Å². The van der Waals surface area contributed by atoms with Crippen molar-refractivity contribution in [2.45, 2.75) is 20.4 Å². The van der Waals surface area contributed by atoms with Crippen molar-refractivity contribution in [3.63, 3.8) is 0 Å². The summed E-state index contributed by atoms with van der Waals surface area (Å²) in [6.45, 7) is 4.16. The molecule has 0 saturated carbocycles. The van der Waals surface area contributed by atoms with E-state index >= 15 is 0 Å².